The Kier molecular flexibility index (Phi) is 5.02. The van der Waals surface area contributed by atoms with Crippen molar-refractivity contribution in [3.05, 3.63) is 0 Å². The lowest BCUT2D eigenvalue weighted by Gasteiger charge is -2.17. The summed E-state index contributed by atoms with van der Waals surface area (Å²) in [6.07, 6.45) is -5.34. The molecule has 2 atom stereocenters. The number of carboxylic acid groups (broad SMARTS) is 1. The third-order valence-corrected chi connectivity index (χ3v) is 3.13. The van der Waals surface area contributed by atoms with Gasteiger partial charge in [0.2, 0.25) is 0 Å². The van der Waals surface area contributed by atoms with Crippen LogP contribution >= 0.6 is 0 Å². The normalized spacial score (nSPS) is 23.5. The molecular weight excluding hydrogens is 265 g/mol. The lowest BCUT2D eigenvalue weighted by atomic mass is 9.99. The second-order valence-electron chi connectivity index (χ2n) is 4.78. The summed E-state index contributed by atoms with van der Waals surface area (Å²) in [5.41, 5.74) is 0. The molecule has 5 nitrogen and oxygen atoms in total. The minimum Gasteiger partial charge on any atom is -0.481 e. The molecule has 1 fully saturated rings. The molecular formula is C11H17F3N2O3. The van der Waals surface area contributed by atoms with E-state index in [1.165, 1.54) is 4.90 Å². The van der Waals surface area contributed by atoms with Crippen LogP contribution in [0, 0.1) is 11.8 Å². The van der Waals surface area contributed by atoms with Crippen molar-refractivity contribution in [3.63, 3.8) is 0 Å². The number of carboxylic acids is 1. The third-order valence-electron chi connectivity index (χ3n) is 3.13. The second-order valence-corrected chi connectivity index (χ2v) is 4.78. The monoisotopic (exact) mass is 282 g/mol. The highest BCUT2D eigenvalue weighted by Gasteiger charge is 2.36. The number of halogens is 3. The number of hydrogen-bond donors (Lipinski definition) is 2. The molecule has 0 bridgehead atoms. The topological polar surface area (TPSA) is 69.6 Å². The molecule has 2 amide bonds. The number of carbonyl (C=O) groups is 2. The standard InChI is InChI=1S/C11H17F3N2O3/c1-7-5-16(6-8(7)9(17)18)10(19)15-4-2-3-11(12,13)14/h7-8H,2-6H2,1H3,(H,15,19)(H,17,18). The molecule has 0 aliphatic carbocycles. The molecule has 0 aromatic heterocycles. The molecule has 2 N–H and O–H groups in total. The Balaban J connectivity index is 2.30. The number of carbonyl (C=O) groups excluding carboxylic acids is 1. The molecule has 1 heterocycles. The zero-order valence-corrected chi connectivity index (χ0v) is 10.5. The van der Waals surface area contributed by atoms with Crippen molar-refractivity contribution in [3.8, 4) is 0 Å². The second kappa shape index (κ2) is 6.12. The van der Waals surface area contributed by atoms with E-state index in [1.807, 2.05) is 0 Å². The molecule has 1 rings (SSSR count). The summed E-state index contributed by atoms with van der Waals surface area (Å²) in [5, 5.41) is 11.3. The number of aliphatic carboxylic acids is 1. The highest BCUT2D eigenvalue weighted by atomic mass is 19.4. The van der Waals surface area contributed by atoms with Crippen molar-refractivity contribution in [1.82, 2.24) is 10.2 Å². The summed E-state index contributed by atoms with van der Waals surface area (Å²) in [4.78, 5) is 23.8. The molecule has 1 aliphatic rings. The van der Waals surface area contributed by atoms with Gasteiger partial charge in [-0.1, -0.05) is 6.92 Å². The fourth-order valence-electron chi connectivity index (χ4n) is 2.05. The largest absolute Gasteiger partial charge is 0.481 e. The Bertz CT molecular complexity index is 347. The van der Waals surface area contributed by atoms with Gasteiger partial charge in [0, 0.05) is 26.1 Å². The molecule has 110 valence electrons. The highest BCUT2D eigenvalue weighted by Crippen LogP contribution is 2.23. The Morgan fingerprint density at radius 1 is 1.37 bits per heavy atom. The lowest BCUT2D eigenvalue weighted by Crippen LogP contribution is -2.39. The summed E-state index contributed by atoms with van der Waals surface area (Å²) in [6.45, 7) is 2.07. The van der Waals surface area contributed by atoms with Gasteiger partial charge in [-0.25, -0.2) is 4.79 Å². The van der Waals surface area contributed by atoms with Crippen LogP contribution in [0.15, 0.2) is 0 Å². The zero-order valence-electron chi connectivity index (χ0n) is 10.5. The van der Waals surface area contributed by atoms with E-state index >= 15 is 0 Å². The van der Waals surface area contributed by atoms with Crippen molar-refractivity contribution in [2.45, 2.75) is 25.9 Å². The number of nitrogens with one attached hydrogen (secondary N) is 1. The molecule has 8 heteroatoms. The molecule has 2 unspecified atom stereocenters. The molecule has 0 spiro atoms. The van der Waals surface area contributed by atoms with Crippen LogP contribution in [-0.4, -0.2) is 47.8 Å². The molecule has 1 aliphatic heterocycles. The van der Waals surface area contributed by atoms with Crippen LogP contribution in [-0.2, 0) is 4.79 Å². The molecule has 0 aromatic rings. The highest BCUT2D eigenvalue weighted by molar-refractivity contribution is 5.77. The first-order valence-corrected chi connectivity index (χ1v) is 6.03. The molecule has 0 saturated carbocycles. The van der Waals surface area contributed by atoms with Crippen LogP contribution in [0.25, 0.3) is 0 Å². The maximum Gasteiger partial charge on any atom is 0.389 e. The van der Waals surface area contributed by atoms with Gasteiger partial charge in [-0.15, -0.1) is 0 Å². The first-order valence-electron chi connectivity index (χ1n) is 6.03. The number of likely N-dealkylation sites (tertiary alicyclic amines) is 1. The van der Waals surface area contributed by atoms with E-state index in [1.54, 1.807) is 6.92 Å². The maximum absolute atomic E-state index is 11.9. The van der Waals surface area contributed by atoms with Gasteiger partial charge in [0.15, 0.2) is 0 Å². The smallest absolute Gasteiger partial charge is 0.389 e. The van der Waals surface area contributed by atoms with Crippen molar-refractivity contribution in [1.29, 1.82) is 0 Å². The molecule has 0 radical (unpaired) electrons. The summed E-state index contributed by atoms with van der Waals surface area (Å²) < 4.78 is 35.7. The number of amides is 2. The van der Waals surface area contributed by atoms with Gasteiger partial charge in [-0.05, 0) is 12.3 Å². The van der Waals surface area contributed by atoms with Gasteiger partial charge >= 0.3 is 18.2 Å². The average molecular weight is 282 g/mol. The Morgan fingerprint density at radius 3 is 2.47 bits per heavy atom. The summed E-state index contributed by atoms with van der Waals surface area (Å²) >= 11 is 0. The van der Waals surface area contributed by atoms with Gasteiger partial charge in [-0.3, -0.25) is 4.79 Å². The minimum atomic E-state index is -4.22. The Morgan fingerprint density at radius 2 is 2.00 bits per heavy atom. The third kappa shape index (κ3) is 4.96. The average Bonchev–Trinajstić information content (AvgIpc) is 2.65. The van der Waals surface area contributed by atoms with Gasteiger partial charge in [0.25, 0.3) is 0 Å². The summed E-state index contributed by atoms with van der Waals surface area (Å²) in [6, 6.07) is -0.502. The predicted octanol–water partition coefficient (Wildman–Crippen LogP) is 1.69. The van der Waals surface area contributed by atoms with Gasteiger partial charge in [0.05, 0.1) is 5.92 Å². The van der Waals surface area contributed by atoms with Crippen LogP contribution in [0.1, 0.15) is 19.8 Å². The van der Waals surface area contributed by atoms with E-state index in [4.69, 9.17) is 5.11 Å². The fourth-order valence-corrected chi connectivity index (χ4v) is 2.05. The Hall–Kier alpha value is -1.47. The molecule has 0 aromatic carbocycles. The van der Waals surface area contributed by atoms with Crippen molar-refractivity contribution in [2.75, 3.05) is 19.6 Å². The van der Waals surface area contributed by atoms with Crippen LogP contribution in [0.5, 0.6) is 0 Å². The number of rotatable bonds is 4. The number of urea groups is 1. The Labute approximate surface area is 108 Å². The zero-order chi connectivity index (χ0) is 14.6. The predicted molar refractivity (Wildman–Crippen MR) is 60.6 cm³/mol. The van der Waals surface area contributed by atoms with Crippen molar-refractivity contribution >= 4 is 12.0 Å². The van der Waals surface area contributed by atoms with Gasteiger partial charge in [-0.2, -0.15) is 13.2 Å². The lowest BCUT2D eigenvalue weighted by molar-refractivity contribution is -0.142. The quantitative estimate of drug-likeness (QED) is 0.771. The van der Waals surface area contributed by atoms with E-state index in [0.29, 0.717) is 6.54 Å². The number of nitrogens with zero attached hydrogens (tertiary/aromatic N) is 1. The molecule has 1 saturated heterocycles. The summed E-state index contributed by atoms with van der Waals surface area (Å²) in [5.74, 6) is -1.72. The number of alkyl halides is 3. The summed E-state index contributed by atoms with van der Waals surface area (Å²) in [7, 11) is 0. The first-order chi connectivity index (χ1) is 8.70. The van der Waals surface area contributed by atoms with Gasteiger partial charge < -0.3 is 15.3 Å². The van der Waals surface area contributed by atoms with E-state index < -0.39 is 30.5 Å². The first kappa shape index (κ1) is 15.6. The van der Waals surface area contributed by atoms with E-state index in [0.717, 1.165) is 0 Å². The minimum absolute atomic E-state index is 0.0685. The van der Waals surface area contributed by atoms with Crippen molar-refractivity contribution in [2.24, 2.45) is 11.8 Å². The van der Waals surface area contributed by atoms with Gasteiger partial charge in [0.1, 0.15) is 0 Å². The SMILES string of the molecule is CC1CN(C(=O)NCCCC(F)(F)F)CC1C(=O)O. The van der Waals surface area contributed by atoms with Crippen LogP contribution in [0.4, 0.5) is 18.0 Å². The molecule has 19 heavy (non-hydrogen) atoms. The van der Waals surface area contributed by atoms with Crippen LogP contribution < -0.4 is 5.32 Å². The maximum atomic E-state index is 11.9. The van der Waals surface area contributed by atoms with E-state index in [9.17, 15) is 22.8 Å². The van der Waals surface area contributed by atoms with E-state index in [-0.39, 0.29) is 25.4 Å². The van der Waals surface area contributed by atoms with Crippen molar-refractivity contribution < 1.29 is 27.9 Å². The van der Waals surface area contributed by atoms with Crippen LogP contribution in [0.2, 0.25) is 0 Å². The number of hydrogen-bond acceptors (Lipinski definition) is 2. The van der Waals surface area contributed by atoms with Crippen LogP contribution in [0.3, 0.4) is 0 Å². The van der Waals surface area contributed by atoms with E-state index in [2.05, 4.69) is 5.32 Å². The fraction of sp³-hybridized carbons (Fsp3) is 0.818.